The van der Waals surface area contributed by atoms with Gasteiger partial charge >= 0.3 is 0 Å². The van der Waals surface area contributed by atoms with E-state index in [1.54, 1.807) is 0 Å². The zero-order chi connectivity index (χ0) is 16.6. The number of hydrogen-bond donors (Lipinski definition) is 0. The maximum Gasteiger partial charge on any atom is 0.0514 e. The predicted octanol–water partition coefficient (Wildman–Crippen LogP) is 2.06. The third-order valence-electron chi connectivity index (χ3n) is 6.79. The Morgan fingerprint density at radius 1 is 0.609 bits per heavy atom. The molecule has 4 aliphatic rings. The van der Waals surface area contributed by atoms with Crippen molar-refractivity contribution in [1.29, 1.82) is 0 Å². The molecule has 4 atom stereocenters. The zero-order valence-electron chi connectivity index (χ0n) is 16.0. The fraction of sp³-hybridized carbons (Fsp3) is 1.00. The van der Waals surface area contributed by atoms with Gasteiger partial charge in [-0.05, 0) is 54.4 Å². The molecule has 0 saturated carbocycles. The molecule has 0 aromatic carbocycles. The largest absolute Gasteiger partial charge is 0.293 e. The van der Waals surface area contributed by atoms with Gasteiger partial charge in [-0.15, -0.1) is 0 Å². The van der Waals surface area contributed by atoms with Gasteiger partial charge in [0.05, 0.1) is 6.67 Å². The summed E-state index contributed by atoms with van der Waals surface area (Å²) in [6, 6.07) is 3.20. The number of piperazine rings is 2. The highest BCUT2D eigenvalue weighted by Gasteiger charge is 2.50. The maximum atomic E-state index is 2.79. The Morgan fingerprint density at radius 2 is 1.00 bits per heavy atom. The summed E-state index contributed by atoms with van der Waals surface area (Å²) in [5.74, 6) is 0. The predicted molar refractivity (Wildman–Crippen MR) is 95.6 cm³/mol. The Balaban J connectivity index is 1.33. The van der Waals surface area contributed by atoms with E-state index in [1.165, 1.54) is 45.7 Å². The summed E-state index contributed by atoms with van der Waals surface area (Å²) in [6.45, 7) is 20.6. The van der Waals surface area contributed by atoms with Crippen LogP contribution < -0.4 is 0 Å². The first-order chi connectivity index (χ1) is 10.6. The Hall–Kier alpha value is -0.160. The second-order valence-electron chi connectivity index (χ2n) is 10.4. The van der Waals surface area contributed by atoms with Crippen LogP contribution in [0.15, 0.2) is 0 Å². The van der Waals surface area contributed by atoms with Crippen molar-refractivity contribution >= 4 is 0 Å². The Labute approximate surface area is 142 Å². The molecule has 0 spiro atoms. The standard InChI is InChI=1S/C19H36N4/c1-18(2,3)22-11-14-7-16(22)9-20(14)13-21-10-17-8-15(21)12-23(17)19(4,5)6/h14-17H,7-13H2,1-6H3/t14-,15?,16-,17?/m1/s1. The highest BCUT2D eigenvalue weighted by atomic mass is 15.5. The van der Waals surface area contributed by atoms with E-state index in [9.17, 15) is 0 Å². The van der Waals surface area contributed by atoms with Crippen LogP contribution in [0.5, 0.6) is 0 Å². The Bertz CT molecular complexity index is 421. The molecular weight excluding hydrogens is 284 g/mol. The SMILES string of the molecule is CC(C)(C)N1CC2CC1CN2CN1C[C@H]2C[C@@H]1CN2C(C)(C)C. The molecule has 4 saturated heterocycles. The molecule has 4 heteroatoms. The molecule has 0 N–H and O–H groups in total. The van der Waals surface area contributed by atoms with Crippen LogP contribution in [-0.2, 0) is 0 Å². The van der Waals surface area contributed by atoms with Crippen LogP contribution in [0, 0.1) is 0 Å². The lowest BCUT2D eigenvalue weighted by atomic mass is 10.0. The number of likely N-dealkylation sites (tertiary alicyclic amines) is 4. The van der Waals surface area contributed by atoms with Crippen molar-refractivity contribution in [3.63, 3.8) is 0 Å². The molecule has 0 aromatic heterocycles. The van der Waals surface area contributed by atoms with Gasteiger partial charge in [0, 0.05) is 61.4 Å². The molecule has 0 radical (unpaired) electrons. The van der Waals surface area contributed by atoms with E-state index in [1.807, 2.05) is 0 Å². The van der Waals surface area contributed by atoms with Gasteiger partial charge in [0.2, 0.25) is 0 Å². The number of rotatable bonds is 2. The highest BCUT2D eigenvalue weighted by molar-refractivity contribution is 5.06. The molecular formula is C19H36N4. The van der Waals surface area contributed by atoms with E-state index < -0.39 is 0 Å². The number of nitrogens with zero attached hydrogens (tertiary/aromatic N) is 4. The molecule has 4 bridgehead atoms. The van der Waals surface area contributed by atoms with Crippen LogP contribution in [0.1, 0.15) is 54.4 Å². The smallest absolute Gasteiger partial charge is 0.0514 e. The van der Waals surface area contributed by atoms with Crippen molar-refractivity contribution in [3.8, 4) is 0 Å². The van der Waals surface area contributed by atoms with Crippen molar-refractivity contribution in [3.05, 3.63) is 0 Å². The van der Waals surface area contributed by atoms with Gasteiger partial charge in [-0.25, -0.2) is 0 Å². The first kappa shape index (κ1) is 16.3. The van der Waals surface area contributed by atoms with Gasteiger partial charge in [-0.1, -0.05) is 0 Å². The maximum absolute atomic E-state index is 2.79. The lowest BCUT2D eigenvalue weighted by molar-refractivity contribution is 0.000796. The van der Waals surface area contributed by atoms with Gasteiger partial charge in [0.25, 0.3) is 0 Å². The van der Waals surface area contributed by atoms with E-state index >= 15 is 0 Å². The first-order valence-electron chi connectivity index (χ1n) is 9.64. The molecule has 4 fully saturated rings. The van der Waals surface area contributed by atoms with Crippen molar-refractivity contribution < 1.29 is 0 Å². The van der Waals surface area contributed by atoms with Crippen molar-refractivity contribution in [2.45, 2.75) is 89.6 Å². The van der Waals surface area contributed by atoms with Gasteiger partial charge in [0.1, 0.15) is 0 Å². The third kappa shape index (κ3) is 2.76. The molecule has 4 nitrogen and oxygen atoms in total. The molecule has 4 aliphatic heterocycles. The fourth-order valence-corrected chi connectivity index (χ4v) is 5.72. The lowest BCUT2D eigenvalue weighted by Crippen LogP contribution is -2.58. The molecule has 0 aromatic rings. The summed E-state index contributed by atoms with van der Waals surface area (Å²) in [5.41, 5.74) is 0.677. The monoisotopic (exact) mass is 320 g/mol. The van der Waals surface area contributed by atoms with E-state index in [4.69, 9.17) is 0 Å². The topological polar surface area (TPSA) is 13.0 Å². The van der Waals surface area contributed by atoms with Crippen LogP contribution in [0.25, 0.3) is 0 Å². The van der Waals surface area contributed by atoms with Gasteiger partial charge < -0.3 is 0 Å². The normalized spacial score (nSPS) is 39.9. The highest BCUT2D eigenvalue weighted by Crippen LogP contribution is 2.39. The average Bonchev–Trinajstić information content (AvgIpc) is 3.14. The minimum Gasteiger partial charge on any atom is -0.293 e. The quantitative estimate of drug-likeness (QED) is 0.772. The van der Waals surface area contributed by atoms with E-state index in [-0.39, 0.29) is 0 Å². The molecule has 132 valence electrons. The Morgan fingerprint density at radius 3 is 1.26 bits per heavy atom. The summed E-state index contributed by atoms with van der Waals surface area (Å²) >= 11 is 0. The second kappa shape index (κ2) is 5.17. The zero-order valence-corrected chi connectivity index (χ0v) is 16.0. The van der Waals surface area contributed by atoms with Crippen LogP contribution in [0.2, 0.25) is 0 Å². The average molecular weight is 321 g/mol. The molecule has 0 aliphatic carbocycles. The minimum absolute atomic E-state index is 0.339. The minimum atomic E-state index is 0.339. The van der Waals surface area contributed by atoms with E-state index in [2.05, 4.69) is 61.1 Å². The number of fused-ring (bicyclic) bond motifs is 4. The van der Waals surface area contributed by atoms with Crippen molar-refractivity contribution in [2.75, 3.05) is 32.8 Å². The molecule has 0 amide bonds. The van der Waals surface area contributed by atoms with E-state index in [0.29, 0.717) is 11.1 Å². The summed E-state index contributed by atoms with van der Waals surface area (Å²) in [6.07, 6.45) is 2.79. The Kier molecular flexibility index (Phi) is 3.67. The molecule has 4 rings (SSSR count). The number of hydrogen-bond acceptors (Lipinski definition) is 4. The molecule has 23 heavy (non-hydrogen) atoms. The van der Waals surface area contributed by atoms with Gasteiger partial charge in [-0.3, -0.25) is 19.6 Å². The van der Waals surface area contributed by atoms with Crippen LogP contribution in [0.4, 0.5) is 0 Å². The fourth-order valence-electron chi connectivity index (χ4n) is 5.72. The first-order valence-corrected chi connectivity index (χ1v) is 9.64. The summed E-state index contributed by atoms with van der Waals surface area (Å²) < 4.78 is 0. The van der Waals surface area contributed by atoms with Crippen molar-refractivity contribution in [2.24, 2.45) is 0 Å². The molecule has 2 unspecified atom stereocenters. The summed E-state index contributed by atoms with van der Waals surface area (Å²) in [4.78, 5) is 11.1. The summed E-state index contributed by atoms with van der Waals surface area (Å²) in [7, 11) is 0. The van der Waals surface area contributed by atoms with Gasteiger partial charge in [0.15, 0.2) is 0 Å². The lowest BCUT2D eigenvalue weighted by Gasteiger charge is -2.45. The summed E-state index contributed by atoms with van der Waals surface area (Å²) in [5, 5.41) is 0. The van der Waals surface area contributed by atoms with Gasteiger partial charge in [-0.2, -0.15) is 0 Å². The molecule has 4 heterocycles. The second-order valence-corrected chi connectivity index (χ2v) is 10.4. The third-order valence-corrected chi connectivity index (χ3v) is 6.79. The van der Waals surface area contributed by atoms with Crippen LogP contribution in [0.3, 0.4) is 0 Å². The van der Waals surface area contributed by atoms with E-state index in [0.717, 1.165) is 24.2 Å². The van der Waals surface area contributed by atoms with Crippen molar-refractivity contribution in [1.82, 2.24) is 19.6 Å². The van der Waals surface area contributed by atoms with Crippen LogP contribution in [-0.4, -0.2) is 87.7 Å². The van der Waals surface area contributed by atoms with Crippen LogP contribution >= 0.6 is 0 Å².